The molecule has 0 saturated carbocycles. The van der Waals surface area contributed by atoms with Crippen molar-refractivity contribution in [1.29, 1.82) is 0 Å². The molecular formula is C12H14Cl2O. The third-order valence-electron chi connectivity index (χ3n) is 3.10. The van der Waals surface area contributed by atoms with E-state index in [-0.39, 0.29) is 12.0 Å². The van der Waals surface area contributed by atoms with Gasteiger partial charge in [-0.2, -0.15) is 0 Å². The van der Waals surface area contributed by atoms with E-state index in [0.717, 1.165) is 11.1 Å². The molecule has 2 unspecified atom stereocenters. The van der Waals surface area contributed by atoms with E-state index in [4.69, 9.17) is 23.2 Å². The summed E-state index contributed by atoms with van der Waals surface area (Å²) in [6.07, 6.45) is 0.393. The van der Waals surface area contributed by atoms with E-state index in [1.807, 2.05) is 12.1 Å². The van der Waals surface area contributed by atoms with Crippen LogP contribution in [-0.2, 0) is 6.42 Å². The van der Waals surface area contributed by atoms with Crippen molar-refractivity contribution in [2.24, 2.45) is 5.92 Å². The molecule has 0 heterocycles. The fourth-order valence-electron chi connectivity index (χ4n) is 2.45. The Kier molecular flexibility index (Phi) is 2.98. The number of halogens is 2. The molecule has 0 amide bonds. The van der Waals surface area contributed by atoms with Gasteiger partial charge in [-0.1, -0.05) is 37.0 Å². The molecule has 0 fully saturated rings. The molecule has 1 nitrogen and oxygen atoms in total. The zero-order chi connectivity index (χ0) is 11.2. The van der Waals surface area contributed by atoms with Crippen molar-refractivity contribution in [3.05, 3.63) is 33.3 Å². The zero-order valence-electron chi connectivity index (χ0n) is 8.80. The fourth-order valence-corrected chi connectivity index (χ4v) is 2.81. The second kappa shape index (κ2) is 3.97. The van der Waals surface area contributed by atoms with Gasteiger partial charge in [0.05, 0.1) is 16.1 Å². The van der Waals surface area contributed by atoms with E-state index in [9.17, 15) is 5.11 Å². The maximum absolute atomic E-state index is 9.98. The lowest BCUT2D eigenvalue weighted by molar-refractivity contribution is 0.136. The second-order valence-electron chi connectivity index (χ2n) is 4.51. The molecule has 2 rings (SSSR count). The first-order valence-electron chi connectivity index (χ1n) is 5.16. The van der Waals surface area contributed by atoms with Gasteiger partial charge in [0.25, 0.3) is 0 Å². The number of rotatable bonds is 1. The Morgan fingerprint density at radius 1 is 1.27 bits per heavy atom. The van der Waals surface area contributed by atoms with Gasteiger partial charge in [-0.05, 0) is 35.6 Å². The van der Waals surface area contributed by atoms with Crippen LogP contribution in [0.1, 0.15) is 30.9 Å². The van der Waals surface area contributed by atoms with Crippen molar-refractivity contribution in [1.82, 2.24) is 0 Å². The van der Waals surface area contributed by atoms with E-state index in [2.05, 4.69) is 13.8 Å². The van der Waals surface area contributed by atoms with Crippen LogP contribution >= 0.6 is 23.2 Å². The Balaban J connectivity index is 2.49. The SMILES string of the molecule is CC(C)C1c2cc(Cl)c(Cl)cc2CC1O. The maximum atomic E-state index is 9.98. The van der Waals surface area contributed by atoms with Crippen LogP contribution in [0.3, 0.4) is 0 Å². The lowest BCUT2D eigenvalue weighted by Crippen LogP contribution is -2.18. The molecule has 1 aliphatic rings. The molecule has 82 valence electrons. The van der Waals surface area contributed by atoms with Crippen LogP contribution in [0.2, 0.25) is 10.0 Å². The first kappa shape index (κ1) is 11.3. The molecular weight excluding hydrogens is 231 g/mol. The molecule has 2 atom stereocenters. The number of benzene rings is 1. The lowest BCUT2D eigenvalue weighted by atomic mass is 9.89. The first-order valence-corrected chi connectivity index (χ1v) is 5.92. The van der Waals surface area contributed by atoms with Gasteiger partial charge in [0, 0.05) is 5.92 Å². The van der Waals surface area contributed by atoms with E-state index < -0.39 is 0 Å². The Morgan fingerprint density at radius 2 is 1.87 bits per heavy atom. The van der Waals surface area contributed by atoms with Crippen molar-refractivity contribution in [3.63, 3.8) is 0 Å². The van der Waals surface area contributed by atoms with Crippen LogP contribution in [0.15, 0.2) is 12.1 Å². The van der Waals surface area contributed by atoms with Crippen LogP contribution in [0.5, 0.6) is 0 Å². The molecule has 0 spiro atoms. The van der Waals surface area contributed by atoms with Crippen molar-refractivity contribution in [2.75, 3.05) is 0 Å². The van der Waals surface area contributed by atoms with Gasteiger partial charge in [0.1, 0.15) is 0 Å². The highest BCUT2D eigenvalue weighted by Gasteiger charge is 2.33. The molecule has 0 aromatic heterocycles. The molecule has 0 aliphatic heterocycles. The summed E-state index contributed by atoms with van der Waals surface area (Å²) in [5.74, 6) is 0.605. The Hall–Kier alpha value is -0.240. The molecule has 0 radical (unpaired) electrons. The van der Waals surface area contributed by atoms with Crippen molar-refractivity contribution in [3.8, 4) is 0 Å². The summed E-state index contributed by atoms with van der Waals surface area (Å²) < 4.78 is 0. The van der Waals surface area contributed by atoms with Gasteiger partial charge in [-0.15, -0.1) is 0 Å². The van der Waals surface area contributed by atoms with Crippen LogP contribution in [0, 0.1) is 5.92 Å². The summed E-state index contributed by atoms with van der Waals surface area (Å²) in [7, 11) is 0. The molecule has 15 heavy (non-hydrogen) atoms. The van der Waals surface area contributed by atoms with E-state index in [1.54, 1.807) is 0 Å². The number of aliphatic hydroxyl groups excluding tert-OH is 1. The van der Waals surface area contributed by atoms with Crippen LogP contribution < -0.4 is 0 Å². The third-order valence-corrected chi connectivity index (χ3v) is 3.83. The smallest absolute Gasteiger partial charge is 0.0651 e. The second-order valence-corrected chi connectivity index (χ2v) is 5.32. The molecule has 1 aliphatic carbocycles. The van der Waals surface area contributed by atoms with Gasteiger partial charge in [-0.3, -0.25) is 0 Å². The highest BCUT2D eigenvalue weighted by molar-refractivity contribution is 6.42. The molecule has 0 bridgehead atoms. The Bertz CT molecular complexity index is 387. The lowest BCUT2D eigenvalue weighted by Gasteiger charge is -2.20. The zero-order valence-corrected chi connectivity index (χ0v) is 10.3. The topological polar surface area (TPSA) is 20.2 Å². The number of hydrogen-bond donors (Lipinski definition) is 1. The number of fused-ring (bicyclic) bond motifs is 1. The van der Waals surface area contributed by atoms with Gasteiger partial charge < -0.3 is 5.11 Å². The minimum absolute atomic E-state index is 0.190. The molecule has 1 N–H and O–H groups in total. The quantitative estimate of drug-likeness (QED) is 0.800. The monoisotopic (exact) mass is 244 g/mol. The minimum atomic E-state index is -0.297. The standard InChI is InChI=1S/C12H14Cl2O/c1-6(2)12-8-5-10(14)9(13)3-7(8)4-11(12)15/h3,5-6,11-12,15H,4H2,1-2H3. The Labute approximate surface area is 100 Å². The van der Waals surface area contributed by atoms with E-state index >= 15 is 0 Å². The number of aliphatic hydroxyl groups is 1. The van der Waals surface area contributed by atoms with Crippen LogP contribution in [0.4, 0.5) is 0 Å². The highest BCUT2D eigenvalue weighted by Crippen LogP contribution is 2.41. The largest absolute Gasteiger partial charge is 0.392 e. The number of hydrogen-bond acceptors (Lipinski definition) is 1. The van der Waals surface area contributed by atoms with Gasteiger partial charge in [0.15, 0.2) is 0 Å². The minimum Gasteiger partial charge on any atom is -0.392 e. The highest BCUT2D eigenvalue weighted by atomic mass is 35.5. The fraction of sp³-hybridized carbons (Fsp3) is 0.500. The van der Waals surface area contributed by atoms with Crippen LogP contribution in [0.25, 0.3) is 0 Å². The van der Waals surface area contributed by atoms with Crippen LogP contribution in [-0.4, -0.2) is 11.2 Å². The third kappa shape index (κ3) is 1.89. The molecule has 0 saturated heterocycles. The Morgan fingerprint density at radius 3 is 2.47 bits per heavy atom. The molecule has 1 aromatic carbocycles. The first-order chi connectivity index (χ1) is 7.00. The van der Waals surface area contributed by atoms with Gasteiger partial charge >= 0.3 is 0 Å². The summed E-state index contributed by atoms with van der Waals surface area (Å²) in [5, 5.41) is 11.1. The van der Waals surface area contributed by atoms with E-state index in [0.29, 0.717) is 22.4 Å². The summed E-state index contributed by atoms with van der Waals surface area (Å²) in [5.41, 5.74) is 2.29. The van der Waals surface area contributed by atoms with E-state index in [1.165, 1.54) is 0 Å². The summed E-state index contributed by atoms with van der Waals surface area (Å²) in [4.78, 5) is 0. The average molecular weight is 245 g/mol. The summed E-state index contributed by atoms with van der Waals surface area (Å²) >= 11 is 12.0. The van der Waals surface area contributed by atoms with Crippen molar-refractivity contribution in [2.45, 2.75) is 32.3 Å². The van der Waals surface area contributed by atoms with Gasteiger partial charge in [0.2, 0.25) is 0 Å². The predicted octanol–water partition coefficient (Wildman–Crippen LogP) is 3.65. The maximum Gasteiger partial charge on any atom is 0.0651 e. The van der Waals surface area contributed by atoms with Crippen molar-refractivity contribution < 1.29 is 5.11 Å². The van der Waals surface area contributed by atoms with Crippen molar-refractivity contribution >= 4 is 23.2 Å². The molecule has 1 aromatic rings. The van der Waals surface area contributed by atoms with Gasteiger partial charge in [-0.25, -0.2) is 0 Å². The predicted molar refractivity (Wildman–Crippen MR) is 63.8 cm³/mol. The molecule has 3 heteroatoms. The normalized spacial score (nSPS) is 24.7. The summed E-state index contributed by atoms with van der Waals surface area (Å²) in [6.45, 7) is 4.23. The average Bonchev–Trinajstić information content (AvgIpc) is 2.41. The summed E-state index contributed by atoms with van der Waals surface area (Å²) in [6, 6.07) is 3.78.